The molecule has 1 rings (SSSR count). The minimum atomic E-state index is -3.68. The van der Waals surface area contributed by atoms with Gasteiger partial charge in [0.25, 0.3) is 0 Å². The van der Waals surface area contributed by atoms with Gasteiger partial charge in [0.2, 0.25) is 10.0 Å². The van der Waals surface area contributed by atoms with Crippen LogP contribution in [-0.4, -0.2) is 14.2 Å². The number of hydrogen-bond donors (Lipinski definition) is 1. The summed E-state index contributed by atoms with van der Waals surface area (Å²) in [5, 5.41) is 0. The maximum atomic E-state index is 13.2. The SMILES string of the molecule is CCS(=O)(=O)Nc1c(F)cc(Br)cc1F. The van der Waals surface area contributed by atoms with E-state index in [0.717, 1.165) is 12.1 Å². The second-order valence-corrected chi connectivity index (χ2v) is 5.68. The highest BCUT2D eigenvalue weighted by Gasteiger charge is 2.15. The highest BCUT2D eigenvalue weighted by molar-refractivity contribution is 9.10. The molecule has 0 aromatic heterocycles. The van der Waals surface area contributed by atoms with E-state index in [9.17, 15) is 17.2 Å². The Hall–Kier alpha value is -0.690. The molecule has 0 amide bonds. The predicted octanol–water partition coefficient (Wildman–Crippen LogP) is 2.49. The van der Waals surface area contributed by atoms with Gasteiger partial charge in [-0.15, -0.1) is 0 Å². The molecule has 0 spiro atoms. The smallest absolute Gasteiger partial charge is 0.232 e. The molecule has 0 saturated heterocycles. The molecule has 0 aliphatic heterocycles. The van der Waals surface area contributed by atoms with Crippen LogP contribution in [0.3, 0.4) is 0 Å². The number of hydrogen-bond acceptors (Lipinski definition) is 2. The Balaban J connectivity index is 3.17. The minimum absolute atomic E-state index is 0.206. The average molecular weight is 300 g/mol. The third kappa shape index (κ3) is 3.13. The zero-order chi connectivity index (χ0) is 11.6. The summed E-state index contributed by atoms with van der Waals surface area (Å²) < 4.78 is 50.6. The molecule has 0 fully saturated rings. The molecule has 0 atom stereocenters. The molecule has 0 saturated carbocycles. The molecule has 1 aromatic rings. The van der Waals surface area contributed by atoms with Crippen molar-refractivity contribution in [2.75, 3.05) is 10.5 Å². The van der Waals surface area contributed by atoms with Crippen LogP contribution in [0.4, 0.5) is 14.5 Å². The second kappa shape index (κ2) is 4.44. The first-order valence-corrected chi connectivity index (χ1v) is 6.45. The van der Waals surface area contributed by atoms with Crippen molar-refractivity contribution in [1.29, 1.82) is 0 Å². The Morgan fingerprint density at radius 1 is 1.33 bits per heavy atom. The van der Waals surface area contributed by atoms with Crippen molar-refractivity contribution in [2.45, 2.75) is 6.92 Å². The van der Waals surface area contributed by atoms with E-state index in [1.165, 1.54) is 6.92 Å². The molecule has 84 valence electrons. The lowest BCUT2D eigenvalue weighted by atomic mass is 10.3. The largest absolute Gasteiger partial charge is 0.278 e. The third-order valence-corrected chi connectivity index (χ3v) is 3.38. The Kier molecular flexibility index (Phi) is 3.67. The first-order valence-electron chi connectivity index (χ1n) is 4.00. The van der Waals surface area contributed by atoms with E-state index in [1.807, 2.05) is 4.72 Å². The molecule has 7 heteroatoms. The van der Waals surface area contributed by atoms with Crippen molar-refractivity contribution >= 4 is 31.6 Å². The van der Waals surface area contributed by atoms with Crippen LogP contribution < -0.4 is 4.72 Å². The van der Waals surface area contributed by atoms with Gasteiger partial charge in [-0.25, -0.2) is 17.2 Å². The quantitative estimate of drug-likeness (QED) is 0.932. The van der Waals surface area contributed by atoms with Crippen molar-refractivity contribution in [3.8, 4) is 0 Å². The number of nitrogens with one attached hydrogen (secondary N) is 1. The molecule has 0 unspecified atom stereocenters. The molecule has 3 nitrogen and oxygen atoms in total. The zero-order valence-electron chi connectivity index (χ0n) is 7.72. The number of sulfonamides is 1. The lowest BCUT2D eigenvalue weighted by Crippen LogP contribution is -2.16. The van der Waals surface area contributed by atoms with Gasteiger partial charge in [-0.05, 0) is 19.1 Å². The van der Waals surface area contributed by atoms with Crippen molar-refractivity contribution in [3.63, 3.8) is 0 Å². The topological polar surface area (TPSA) is 46.2 Å². The van der Waals surface area contributed by atoms with Gasteiger partial charge in [0.15, 0.2) is 11.6 Å². The molecule has 1 N–H and O–H groups in total. The highest BCUT2D eigenvalue weighted by atomic mass is 79.9. The standard InChI is InChI=1S/C8H8BrF2NO2S/c1-2-15(13,14)12-8-6(10)3-5(9)4-7(8)11/h3-4,12H,2H2,1H3. The van der Waals surface area contributed by atoms with Crippen LogP contribution in [0.1, 0.15) is 6.92 Å². The zero-order valence-corrected chi connectivity index (χ0v) is 10.1. The van der Waals surface area contributed by atoms with Gasteiger partial charge < -0.3 is 0 Å². The van der Waals surface area contributed by atoms with Gasteiger partial charge in [-0.3, -0.25) is 4.72 Å². The summed E-state index contributed by atoms with van der Waals surface area (Å²) in [6.45, 7) is 1.37. The molecule has 0 bridgehead atoms. The number of benzene rings is 1. The molecule has 1 aromatic carbocycles. The summed E-state index contributed by atoms with van der Waals surface area (Å²) in [4.78, 5) is 0. The second-order valence-electron chi connectivity index (χ2n) is 2.75. The van der Waals surface area contributed by atoms with Gasteiger partial charge in [0, 0.05) is 4.47 Å². The van der Waals surface area contributed by atoms with Crippen molar-refractivity contribution < 1.29 is 17.2 Å². The summed E-state index contributed by atoms with van der Waals surface area (Å²) in [6, 6.07) is 1.97. The summed E-state index contributed by atoms with van der Waals surface area (Å²) in [5.74, 6) is -2.17. The maximum Gasteiger partial charge on any atom is 0.232 e. The normalized spacial score (nSPS) is 11.5. The van der Waals surface area contributed by atoms with Crippen LogP contribution in [0.5, 0.6) is 0 Å². The molecule has 0 heterocycles. The fourth-order valence-corrected chi connectivity index (χ4v) is 1.92. The van der Waals surface area contributed by atoms with E-state index in [4.69, 9.17) is 0 Å². The van der Waals surface area contributed by atoms with E-state index in [0.29, 0.717) is 0 Å². The number of rotatable bonds is 3. The van der Waals surface area contributed by atoms with Crippen LogP contribution in [0, 0.1) is 11.6 Å². The van der Waals surface area contributed by atoms with Crippen LogP contribution in [0.15, 0.2) is 16.6 Å². The van der Waals surface area contributed by atoms with Crippen molar-refractivity contribution in [2.24, 2.45) is 0 Å². The average Bonchev–Trinajstić information content (AvgIpc) is 2.11. The highest BCUT2D eigenvalue weighted by Crippen LogP contribution is 2.24. The van der Waals surface area contributed by atoms with Crippen LogP contribution in [-0.2, 0) is 10.0 Å². The van der Waals surface area contributed by atoms with Gasteiger partial charge in [0.05, 0.1) is 5.75 Å². The summed E-state index contributed by atoms with van der Waals surface area (Å²) in [7, 11) is -3.68. The monoisotopic (exact) mass is 299 g/mol. The minimum Gasteiger partial charge on any atom is -0.278 e. The van der Waals surface area contributed by atoms with Crippen LogP contribution in [0.25, 0.3) is 0 Å². The number of halogens is 3. The van der Waals surface area contributed by atoms with Crippen molar-refractivity contribution in [1.82, 2.24) is 0 Å². The van der Waals surface area contributed by atoms with Crippen molar-refractivity contribution in [3.05, 3.63) is 28.2 Å². The molecule has 0 aliphatic rings. The van der Waals surface area contributed by atoms with E-state index in [2.05, 4.69) is 15.9 Å². The summed E-state index contributed by atoms with van der Waals surface area (Å²) >= 11 is 2.89. The third-order valence-electron chi connectivity index (χ3n) is 1.64. The van der Waals surface area contributed by atoms with E-state index in [-0.39, 0.29) is 10.2 Å². The lowest BCUT2D eigenvalue weighted by molar-refractivity contribution is 0.582. The maximum absolute atomic E-state index is 13.2. The van der Waals surface area contributed by atoms with E-state index in [1.54, 1.807) is 0 Å². The summed E-state index contributed by atoms with van der Waals surface area (Å²) in [6.07, 6.45) is 0. The first kappa shape index (κ1) is 12.4. The number of anilines is 1. The fourth-order valence-electron chi connectivity index (χ4n) is 0.867. The van der Waals surface area contributed by atoms with E-state index >= 15 is 0 Å². The van der Waals surface area contributed by atoms with Crippen LogP contribution >= 0.6 is 15.9 Å². The van der Waals surface area contributed by atoms with Gasteiger partial charge in [-0.1, -0.05) is 15.9 Å². The van der Waals surface area contributed by atoms with Gasteiger partial charge in [-0.2, -0.15) is 0 Å². The summed E-state index contributed by atoms with van der Waals surface area (Å²) in [5.41, 5.74) is -0.653. The molecular weight excluding hydrogens is 292 g/mol. The Labute approximate surface area is 94.7 Å². The molecule has 15 heavy (non-hydrogen) atoms. The first-order chi connectivity index (χ1) is 6.85. The lowest BCUT2D eigenvalue weighted by Gasteiger charge is -2.08. The van der Waals surface area contributed by atoms with Gasteiger partial charge in [0.1, 0.15) is 5.69 Å². The molecular formula is C8H8BrF2NO2S. The van der Waals surface area contributed by atoms with Gasteiger partial charge >= 0.3 is 0 Å². The Bertz CT molecular complexity index is 453. The Morgan fingerprint density at radius 2 is 1.80 bits per heavy atom. The predicted molar refractivity (Wildman–Crippen MR) is 57.1 cm³/mol. The molecule has 0 aliphatic carbocycles. The van der Waals surface area contributed by atoms with E-state index < -0.39 is 27.3 Å². The van der Waals surface area contributed by atoms with Crippen LogP contribution in [0.2, 0.25) is 0 Å². The molecule has 0 radical (unpaired) electrons. The Morgan fingerprint density at radius 3 is 2.20 bits per heavy atom. The fraction of sp³-hybridized carbons (Fsp3) is 0.250.